The van der Waals surface area contributed by atoms with E-state index >= 15 is 0 Å². The van der Waals surface area contributed by atoms with Gasteiger partial charge in [0.25, 0.3) is 0 Å². The second-order valence-corrected chi connectivity index (χ2v) is 11.8. The van der Waals surface area contributed by atoms with Gasteiger partial charge >= 0.3 is 0 Å². The highest BCUT2D eigenvalue weighted by atomic mass is 32.2. The molecule has 0 radical (unpaired) electrons. The molecular weight excluding hydrogens is 450 g/mol. The lowest BCUT2D eigenvalue weighted by molar-refractivity contribution is -0.128. The number of sulfonamides is 1. The van der Waals surface area contributed by atoms with Crippen LogP contribution in [0.25, 0.3) is 0 Å². The normalized spacial score (nSPS) is 17.4. The van der Waals surface area contributed by atoms with Crippen LogP contribution in [0.2, 0.25) is 0 Å². The van der Waals surface area contributed by atoms with Crippen molar-refractivity contribution < 1.29 is 17.9 Å². The van der Waals surface area contributed by atoms with Crippen molar-refractivity contribution in [3.05, 3.63) is 65.2 Å². The minimum absolute atomic E-state index is 0.0379. The quantitative estimate of drug-likeness (QED) is 0.556. The summed E-state index contributed by atoms with van der Waals surface area (Å²) in [6, 6.07) is 16.3. The van der Waals surface area contributed by atoms with E-state index < -0.39 is 10.0 Å². The lowest BCUT2D eigenvalue weighted by Crippen LogP contribution is -2.38. The highest BCUT2D eigenvalue weighted by Crippen LogP contribution is 2.32. The van der Waals surface area contributed by atoms with E-state index in [1.807, 2.05) is 29.2 Å². The Morgan fingerprint density at radius 2 is 1.68 bits per heavy atom. The average Bonchev–Trinajstić information content (AvgIpc) is 3.12. The minimum Gasteiger partial charge on any atom is -0.497 e. The van der Waals surface area contributed by atoms with E-state index in [1.165, 1.54) is 5.56 Å². The highest BCUT2D eigenvalue weighted by molar-refractivity contribution is 7.89. The van der Waals surface area contributed by atoms with E-state index in [1.54, 1.807) is 14.0 Å². The molecule has 1 fully saturated rings. The van der Waals surface area contributed by atoms with Crippen LogP contribution in [0.15, 0.2) is 48.5 Å². The van der Waals surface area contributed by atoms with Crippen LogP contribution in [0, 0.1) is 0 Å². The van der Waals surface area contributed by atoms with Gasteiger partial charge in [0, 0.05) is 19.6 Å². The molecule has 0 saturated carbocycles. The number of carbonyl (C=O) groups is 1. The van der Waals surface area contributed by atoms with Crippen LogP contribution < -0.4 is 9.46 Å². The predicted octanol–water partition coefficient (Wildman–Crippen LogP) is 3.32. The Labute approximate surface area is 204 Å². The summed E-state index contributed by atoms with van der Waals surface area (Å²) in [5.74, 6) is 0.896. The third-order valence-electron chi connectivity index (χ3n) is 6.28. The number of carbonyl (C=O) groups excluding carboxylic acids is 1. The average molecular weight is 488 g/mol. The van der Waals surface area contributed by atoms with Gasteiger partial charge < -0.3 is 9.64 Å². The van der Waals surface area contributed by atoms with E-state index in [9.17, 15) is 13.2 Å². The molecule has 2 aromatic rings. The minimum atomic E-state index is -3.28. The van der Waals surface area contributed by atoms with Crippen molar-refractivity contribution in [1.82, 2.24) is 14.5 Å². The maximum atomic E-state index is 13.1. The highest BCUT2D eigenvalue weighted by Gasteiger charge is 2.38. The Bertz CT molecular complexity index is 1060. The van der Waals surface area contributed by atoms with Gasteiger partial charge in [-0.05, 0) is 47.6 Å². The van der Waals surface area contributed by atoms with Crippen LogP contribution in [0.5, 0.6) is 5.75 Å². The molecule has 7 nitrogen and oxygen atoms in total. The zero-order valence-corrected chi connectivity index (χ0v) is 21.7. The molecule has 1 atom stereocenters. The summed E-state index contributed by atoms with van der Waals surface area (Å²) < 4.78 is 31.6. The second kappa shape index (κ2) is 10.9. The van der Waals surface area contributed by atoms with Crippen molar-refractivity contribution in [3.63, 3.8) is 0 Å². The summed E-state index contributed by atoms with van der Waals surface area (Å²) in [6.07, 6.45) is 0.494. The van der Waals surface area contributed by atoms with Gasteiger partial charge in [0.2, 0.25) is 15.9 Å². The SMILES string of the molecule is CCS(=O)(=O)NCCN1CC(=O)N(CCc2ccc(OC)cc2)C1c1ccc(C(C)(C)C)cc1. The summed E-state index contributed by atoms with van der Waals surface area (Å²) in [4.78, 5) is 17.0. The molecule has 186 valence electrons. The van der Waals surface area contributed by atoms with Crippen LogP contribution in [0.3, 0.4) is 0 Å². The molecule has 1 saturated heterocycles. The molecule has 1 aliphatic rings. The van der Waals surface area contributed by atoms with Crippen LogP contribution in [0.4, 0.5) is 0 Å². The summed E-state index contributed by atoms with van der Waals surface area (Å²) in [5, 5.41) is 0. The molecule has 0 bridgehead atoms. The molecule has 3 rings (SSSR count). The number of nitrogens with one attached hydrogen (secondary N) is 1. The fraction of sp³-hybridized carbons (Fsp3) is 0.500. The lowest BCUT2D eigenvalue weighted by atomic mass is 9.86. The topological polar surface area (TPSA) is 79.0 Å². The summed E-state index contributed by atoms with van der Waals surface area (Å²) in [6.45, 7) is 9.71. The van der Waals surface area contributed by atoms with Gasteiger partial charge in [-0.1, -0.05) is 57.2 Å². The number of amides is 1. The van der Waals surface area contributed by atoms with E-state index in [4.69, 9.17) is 4.74 Å². The number of ether oxygens (including phenoxy) is 1. The van der Waals surface area contributed by atoms with Crippen molar-refractivity contribution in [1.29, 1.82) is 0 Å². The van der Waals surface area contributed by atoms with Gasteiger partial charge in [0.05, 0.1) is 19.4 Å². The summed E-state index contributed by atoms with van der Waals surface area (Å²) >= 11 is 0. The van der Waals surface area contributed by atoms with Crippen LogP contribution >= 0.6 is 0 Å². The van der Waals surface area contributed by atoms with Gasteiger partial charge in [0.1, 0.15) is 11.9 Å². The number of hydrogen-bond acceptors (Lipinski definition) is 5. The third kappa shape index (κ3) is 6.58. The van der Waals surface area contributed by atoms with Crippen molar-refractivity contribution >= 4 is 15.9 Å². The maximum absolute atomic E-state index is 13.1. The lowest BCUT2D eigenvalue weighted by Gasteiger charge is -2.31. The summed E-state index contributed by atoms with van der Waals surface area (Å²) in [7, 11) is -1.64. The van der Waals surface area contributed by atoms with Gasteiger partial charge in [0.15, 0.2) is 0 Å². The van der Waals surface area contributed by atoms with Crippen molar-refractivity contribution in [3.8, 4) is 5.75 Å². The molecule has 1 amide bonds. The van der Waals surface area contributed by atoms with Gasteiger partial charge in [-0.3, -0.25) is 9.69 Å². The molecular formula is C26H37N3O4S. The Morgan fingerprint density at radius 1 is 1.03 bits per heavy atom. The second-order valence-electron chi connectivity index (χ2n) is 9.70. The largest absolute Gasteiger partial charge is 0.497 e. The number of rotatable bonds is 10. The molecule has 8 heteroatoms. The molecule has 1 N–H and O–H groups in total. The van der Waals surface area contributed by atoms with E-state index in [0.29, 0.717) is 13.1 Å². The van der Waals surface area contributed by atoms with E-state index in [0.717, 1.165) is 23.3 Å². The number of methoxy groups -OCH3 is 1. The smallest absolute Gasteiger partial charge is 0.238 e. The van der Waals surface area contributed by atoms with Gasteiger partial charge in [-0.15, -0.1) is 0 Å². The van der Waals surface area contributed by atoms with Crippen LogP contribution in [-0.2, 0) is 26.7 Å². The zero-order valence-electron chi connectivity index (χ0n) is 20.9. The monoisotopic (exact) mass is 487 g/mol. The number of benzene rings is 2. The fourth-order valence-corrected chi connectivity index (χ4v) is 4.77. The predicted molar refractivity (Wildman–Crippen MR) is 135 cm³/mol. The molecule has 2 aromatic carbocycles. The van der Waals surface area contributed by atoms with Crippen molar-refractivity contribution in [2.45, 2.75) is 45.7 Å². The first-order chi connectivity index (χ1) is 16.0. The molecule has 1 aliphatic heterocycles. The Hall–Kier alpha value is -2.42. The molecule has 0 aromatic heterocycles. The Kier molecular flexibility index (Phi) is 8.38. The van der Waals surface area contributed by atoms with Crippen molar-refractivity contribution in [2.24, 2.45) is 0 Å². The van der Waals surface area contributed by atoms with Crippen LogP contribution in [-0.4, -0.2) is 63.2 Å². The first-order valence-electron chi connectivity index (χ1n) is 11.8. The Balaban J connectivity index is 1.80. The van der Waals surface area contributed by atoms with Gasteiger partial charge in [-0.2, -0.15) is 0 Å². The number of hydrogen-bond donors (Lipinski definition) is 1. The van der Waals surface area contributed by atoms with E-state index in [2.05, 4.69) is 54.7 Å². The van der Waals surface area contributed by atoms with E-state index in [-0.39, 0.29) is 36.3 Å². The fourth-order valence-electron chi connectivity index (χ4n) is 4.17. The molecule has 0 spiro atoms. The molecule has 0 aliphatic carbocycles. The first-order valence-corrected chi connectivity index (χ1v) is 13.4. The summed E-state index contributed by atoms with van der Waals surface area (Å²) in [5.41, 5.74) is 3.43. The zero-order chi connectivity index (χ0) is 24.9. The van der Waals surface area contributed by atoms with Crippen molar-refractivity contribution in [2.75, 3.05) is 39.0 Å². The standard InChI is InChI=1S/C26H37N3O4S/c1-6-34(31,32)27-16-18-28-19-24(30)29(17-15-20-7-13-23(33-5)14-8-20)25(28)21-9-11-22(12-10-21)26(2,3)4/h7-14,25,27H,6,15-19H2,1-5H3. The number of nitrogens with zero attached hydrogens (tertiary/aromatic N) is 2. The molecule has 34 heavy (non-hydrogen) atoms. The third-order valence-corrected chi connectivity index (χ3v) is 7.68. The maximum Gasteiger partial charge on any atom is 0.238 e. The molecule has 1 heterocycles. The first kappa shape index (κ1) is 26.2. The Morgan fingerprint density at radius 3 is 2.24 bits per heavy atom. The molecule has 1 unspecified atom stereocenters. The van der Waals surface area contributed by atoms with Crippen LogP contribution in [0.1, 0.15) is 50.6 Å². The van der Waals surface area contributed by atoms with Gasteiger partial charge in [-0.25, -0.2) is 13.1 Å².